The van der Waals surface area contributed by atoms with Crippen LogP contribution in [0.25, 0.3) is 0 Å². The smallest absolute Gasteiger partial charge is 0.255 e. The number of benzene rings is 1. The van der Waals surface area contributed by atoms with Crippen molar-refractivity contribution in [3.8, 4) is 0 Å². The van der Waals surface area contributed by atoms with Crippen LogP contribution in [0.5, 0.6) is 0 Å². The minimum absolute atomic E-state index is 0.155. The fourth-order valence-electron chi connectivity index (χ4n) is 5.06. The molecular weight excluding hydrogens is 440 g/mol. The lowest BCUT2D eigenvalue weighted by atomic mass is 10.0. The summed E-state index contributed by atoms with van der Waals surface area (Å²) in [4.78, 5) is 22.5. The van der Waals surface area contributed by atoms with Crippen LogP contribution >= 0.6 is 23.4 Å². The van der Waals surface area contributed by atoms with E-state index in [0.29, 0.717) is 11.8 Å². The molecule has 1 aromatic heterocycles. The maximum absolute atomic E-state index is 13.2. The maximum Gasteiger partial charge on any atom is 0.255 e. The third-order valence-electron chi connectivity index (χ3n) is 6.80. The molecule has 2 aliphatic heterocycles. The number of fused-ring (bicyclic) bond motifs is 1. The van der Waals surface area contributed by atoms with E-state index in [0.717, 1.165) is 83.8 Å². The van der Waals surface area contributed by atoms with E-state index in [4.69, 9.17) is 11.6 Å². The van der Waals surface area contributed by atoms with Gasteiger partial charge in [0.1, 0.15) is 0 Å². The van der Waals surface area contributed by atoms with Crippen molar-refractivity contribution in [1.82, 2.24) is 14.8 Å². The number of pyridine rings is 1. The van der Waals surface area contributed by atoms with E-state index in [1.807, 2.05) is 39.2 Å². The molecule has 1 aromatic carbocycles. The summed E-state index contributed by atoms with van der Waals surface area (Å²) in [7, 11) is 0. The number of hydrogen-bond donors (Lipinski definition) is 1. The molecule has 2 unspecified atom stereocenters. The summed E-state index contributed by atoms with van der Waals surface area (Å²) >= 11 is 7.83. The first-order chi connectivity index (χ1) is 15.4. The number of halogens is 1. The molecule has 2 atom stereocenters. The average Bonchev–Trinajstić information content (AvgIpc) is 3.32. The molecule has 2 saturated heterocycles. The van der Waals surface area contributed by atoms with Crippen molar-refractivity contribution < 1.29 is 4.79 Å². The molecule has 1 N–H and O–H groups in total. The normalized spacial score (nSPS) is 20.6. The number of nitrogens with zero attached hydrogens (tertiary/aromatic N) is 3. The van der Waals surface area contributed by atoms with Crippen LogP contribution in [0.3, 0.4) is 0 Å². The summed E-state index contributed by atoms with van der Waals surface area (Å²) < 4.78 is 0. The number of carbonyl (C=O) groups excluding carboxylic acids is 1. The van der Waals surface area contributed by atoms with Crippen molar-refractivity contribution in [2.75, 3.05) is 50.8 Å². The van der Waals surface area contributed by atoms with Crippen molar-refractivity contribution >= 4 is 35.0 Å². The number of nitrogens with one attached hydrogen (secondary N) is 1. The Morgan fingerprint density at radius 2 is 1.84 bits per heavy atom. The molecule has 5 nitrogen and oxygen atoms in total. The minimum atomic E-state index is 0.155. The Hall–Kier alpha value is -1.76. The van der Waals surface area contributed by atoms with E-state index in [1.54, 1.807) is 11.8 Å². The summed E-state index contributed by atoms with van der Waals surface area (Å²) in [5.74, 6) is 1.32. The lowest BCUT2D eigenvalue weighted by Gasteiger charge is -2.23. The molecule has 0 bridgehead atoms. The standard InChI is InChI=1S/C25H33ClN4OS/c1-16-6-7-21(11-22(16)26)27-8-5-9-29-12-19-14-30(15-20(19)13-29)25(31)24-17(2)10-23(32-4)28-18(24)3/h6-7,10-11,19-20,27H,5,8-9,12-15H2,1-4H3. The van der Waals surface area contributed by atoms with Crippen LogP contribution in [-0.2, 0) is 0 Å². The molecule has 0 radical (unpaired) electrons. The molecule has 2 fully saturated rings. The van der Waals surface area contributed by atoms with E-state index in [-0.39, 0.29) is 5.91 Å². The average molecular weight is 473 g/mol. The maximum atomic E-state index is 13.2. The second-order valence-electron chi connectivity index (χ2n) is 9.18. The van der Waals surface area contributed by atoms with Gasteiger partial charge in [-0.05, 0) is 81.2 Å². The number of amides is 1. The Labute approximate surface area is 200 Å². The quantitative estimate of drug-likeness (QED) is 0.459. The molecule has 1 amide bonds. The summed E-state index contributed by atoms with van der Waals surface area (Å²) in [6.45, 7) is 11.9. The fraction of sp³-hybridized carbons (Fsp3) is 0.520. The molecule has 0 spiro atoms. The van der Waals surface area contributed by atoms with Crippen LogP contribution in [0, 0.1) is 32.6 Å². The number of aryl methyl sites for hydroxylation is 3. The Kier molecular flexibility index (Phi) is 7.33. The molecule has 172 valence electrons. The third-order valence-corrected chi connectivity index (χ3v) is 7.83. The summed E-state index contributed by atoms with van der Waals surface area (Å²) in [5.41, 5.74) is 4.86. The largest absolute Gasteiger partial charge is 0.385 e. The topological polar surface area (TPSA) is 48.5 Å². The van der Waals surface area contributed by atoms with Gasteiger partial charge in [0.25, 0.3) is 5.91 Å². The monoisotopic (exact) mass is 472 g/mol. The van der Waals surface area contributed by atoms with Crippen molar-refractivity contribution in [2.45, 2.75) is 32.2 Å². The van der Waals surface area contributed by atoms with Crippen LogP contribution in [-0.4, -0.2) is 66.2 Å². The number of likely N-dealkylation sites (tertiary alicyclic amines) is 2. The van der Waals surface area contributed by atoms with Crippen LogP contribution < -0.4 is 5.32 Å². The molecule has 3 heterocycles. The second-order valence-corrected chi connectivity index (χ2v) is 10.4. The van der Waals surface area contributed by atoms with Crippen molar-refractivity contribution in [2.24, 2.45) is 11.8 Å². The van der Waals surface area contributed by atoms with Crippen LogP contribution in [0.15, 0.2) is 29.3 Å². The summed E-state index contributed by atoms with van der Waals surface area (Å²) in [5, 5.41) is 5.26. The lowest BCUT2D eigenvalue weighted by Crippen LogP contribution is -2.34. The molecule has 2 aliphatic rings. The van der Waals surface area contributed by atoms with Crippen molar-refractivity contribution in [3.05, 3.63) is 51.7 Å². The lowest BCUT2D eigenvalue weighted by molar-refractivity contribution is 0.0772. The highest BCUT2D eigenvalue weighted by Crippen LogP contribution is 2.33. The van der Waals surface area contributed by atoms with Gasteiger partial charge in [-0.2, -0.15) is 0 Å². The first-order valence-electron chi connectivity index (χ1n) is 11.4. The van der Waals surface area contributed by atoms with Gasteiger partial charge in [-0.1, -0.05) is 17.7 Å². The Balaban J connectivity index is 1.24. The summed E-state index contributed by atoms with van der Waals surface area (Å²) in [6.07, 6.45) is 3.11. The second kappa shape index (κ2) is 10.0. The van der Waals surface area contributed by atoms with E-state index in [9.17, 15) is 4.79 Å². The third kappa shape index (κ3) is 5.08. The van der Waals surface area contributed by atoms with Gasteiger partial charge in [-0.25, -0.2) is 4.98 Å². The molecule has 32 heavy (non-hydrogen) atoms. The van der Waals surface area contributed by atoms with Gasteiger partial charge in [0.05, 0.1) is 16.3 Å². The van der Waals surface area contributed by atoms with Gasteiger partial charge in [0, 0.05) is 43.4 Å². The van der Waals surface area contributed by atoms with Crippen LogP contribution in [0.1, 0.15) is 33.6 Å². The van der Waals surface area contributed by atoms with E-state index in [1.165, 1.54) is 0 Å². The highest BCUT2D eigenvalue weighted by atomic mass is 35.5. The zero-order valence-electron chi connectivity index (χ0n) is 19.4. The van der Waals surface area contributed by atoms with Gasteiger partial charge in [-0.15, -0.1) is 11.8 Å². The van der Waals surface area contributed by atoms with Gasteiger partial charge >= 0.3 is 0 Å². The predicted molar refractivity (Wildman–Crippen MR) is 134 cm³/mol. The molecule has 0 aliphatic carbocycles. The number of anilines is 1. The minimum Gasteiger partial charge on any atom is -0.385 e. The fourth-order valence-corrected chi connectivity index (χ4v) is 5.76. The van der Waals surface area contributed by atoms with E-state index >= 15 is 0 Å². The zero-order chi connectivity index (χ0) is 22.8. The molecule has 7 heteroatoms. The SMILES string of the molecule is CSc1cc(C)c(C(=O)N2CC3CN(CCCNc4ccc(C)c(Cl)c4)CC3C2)c(C)n1. The number of hydrogen-bond acceptors (Lipinski definition) is 5. The number of thioether (sulfide) groups is 1. The van der Waals surface area contributed by atoms with Gasteiger partial charge in [0.2, 0.25) is 0 Å². The Bertz CT molecular complexity index is 961. The predicted octanol–water partition coefficient (Wildman–Crippen LogP) is 4.89. The van der Waals surface area contributed by atoms with E-state index < -0.39 is 0 Å². The number of rotatable bonds is 7. The van der Waals surface area contributed by atoms with E-state index in [2.05, 4.69) is 32.2 Å². The molecule has 4 rings (SSSR count). The first-order valence-corrected chi connectivity index (χ1v) is 13.0. The van der Waals surface area contributed by atoms with Crippen molar-refractivity contribution in [1.29, 1.82) is 0 Å². The molecule has 0 saturated carbocycles. The van der Waals surface area contributed by atoms with Crippen molar-refractivity contribution in [3.63, 3.8) is 0 Å². The van der Waals surface area contributed by atoms with Gasteiger partial charge in [0.15, 0.2) is 0 Å². The highest BCUT2D eigenvalue weighted by Gasteiger charge is 2.41. The van der Waals surface area contributed by atoms with Gasteiger partial charge < -0.3 is 15.1 Å². The van der Waals surface area contributed by atoms with Gasteiger partial charge in [-0.3, -0.25) is 4.79 Å². The highest BCUT2D eigenvalue weighted by molar-refractivity contribution is 7.98. The number of carbonyl (C=O) groups is 1. The Morgan fingerprint density at radius 3 is 2.47 bits per heavy atom. The molecule has 2 aromatic rings. The Morgan fingerprint density at radius 1 is 1.12 bits per heavy atom. The summed E-state index contributed by atoms with van der Waals surface area (Å²) in [6, 6.07) is 8.16. The zero-order valence-corrected chi connectivity index (χ0v) is 21.0. The first kappa shape index (κ1) is 23.4. The number of aromatic nitrogens is 1. The van der Waals surface area contributed by atoms with Crippen LogP contribution in [0.2, 0.25) is 5.02 Å². The molecular formula is C25H33ClN4OS. The van der Waals surface area contributed by atoms with Crippen LogP contribution in [0.4, 0.5) is 5.69 Å².